The fourth-order valence-corrected chi connectivity index (χ4v) is 9.28. The zero-order valence-corrected chi connectivity index (χ0v) is 24.7. The third-order valence-electron chi connectivity index (χ3n) is 11.7. The van der Waals surface area contributed by atoms with Crippen LogP contribution < -0.4 is 0 Å². The van der Waals surface area contributed by atoms with E-state index in [2.05, 4.69) is 48.0 Å². The van der Waals surface area contributed by atoms with Gasteiger partial charge in [-0.3, -0.25) is 9.78 Å². The molecule has 0 bridgehead atoms. The van der Waals surface area contributed by atoms with Crippen LogP contribution in [-0.4, -0.2) is 59.5 Å². The van der Waals surface area contributed by atoms with Gasteiger partial charge in [-0.2, -0.15) is 0 Å². The van der Waals surface area contributed by atoms with E-state index in [1.807, 2.05) is 12.4 Å². The molecule has 0 unspecified atom stereocenters. The van der Waals surface area contributed by atoms with Crippen LogP contribution in [0.25, 0.3) is 5.57 Å². The molecule has 4 aliphatic carbocycles. The van der Waals surface area contributed by atoms with Crippen molar-refractivity contribution in [1.29, 1.82) is 0 Å². The maximum atomic E-state index is 12.5. The van der Waals surface area contributed by atoms with Gasteiger partial charge in [0.1, 0.15) is 6.10 Å². The summed E-state index contributed by atoms with van der Waals surface area (Å²) >= 11 is 0. The number of piperidine rings is 1. The predicted octanol–water partition coefficient (Wildman–Crippen LogP) is 6.75. The molecular weight excluding hydrogens is 516 g/mol. The highest BCUT2D eigenvalue weighted by molar-refractivity contribution is 5.72. The average Bonchev–Trinajstić information content (AvgIpc) is 3.33. The Labute approximate surface area is 244 Å². The quantitative estimate of drug-likeness (QED) is 0.223. The molecule has 0 radical (unpaired) electrons. The van der Waals surface area contributed by atoms with Gasteiger partial charge >= 0.3 is 12.1 Å². The van der Waals surface area contributed by atoms with Crippen molar-refractivity contribution < 1.29 is 24.2 Å². The van der Waals surface area contributed by atoms with Crippen molar-refractivity contribution in [2.75, 3.05) is 26.2 Å². The van der Waals surface area contributed by atoms with Crippen LogP contribution in [0, 0.1) is 34.5 Å². The minimum atomic E-state index is -0.689. The van der Waals surface area contributed by atoms with E-state index in [0.29, 0.717) is 37.2 Å². The Balaban J connectivity index is 0.991. The summed E-state index contributed by atoms with van der Waals surface area (Å²) in [7, 11) is 0. The molecule has 0 aromatic carbocycles. The van der Waals surface area contributed by atoms with Crippen LogP contribution in [0.5, 0.6) is 0 Å². The normalized spacial score (nSPS) is 35.4. The summed E-state index contributed by atoms with van der Waals surface area (Å²) in [6.45, 7) is 7.72. The summed E-state index contributed by atoms with van der Waals surface area (Å²) in [5.41, 5.74) is 4.71. The average molecular weight is 563 g/mol. The minimum absolute atomic E-state index is 0.104. The Morgan fingerprint density at radius 2 is 1.85 bits per heavy atom. The van der Waals surface area contributed by atoms with Gasteiger partial charge in [-0.15, -0.1) is 0 Å². The van der Waals surface area contributed by atoms with Gasteiger partial charge in [0.15, 0.2) is 0 Å². The number of hydrogen-bond acceptors (Lipinski definition) is 6. The molecule has 6 atom stereocenters. The largest absolute Gasteiger partial charge is 0.508 e. The lowest BCUT2D eigenvalue weighted by atomic mass is 9.47. The number of pyridine rings is 1. The maximum absolute atomic E-state index is 12.5. The number of carboxylic acids is 1. The molecule has 1 aromatic heterocycles. The van der Waals surface area contributed by atoms with E-state index in [1.165, 1.54) is 36.0 Å². The second-order valence-corrected chi connectivity index (χ2v) is 13.7. The van der Waals surface area contributed by atoms with E-state index in [-0.39, 0.29) is 22.9 Å². The number of ether oxygens (including phenoxy) is 2. The van der Waals surface area contributed by atoms with E-state index in [4.69, 9.17) is 14.6 Å². The van der Waals surface area contributed by atoms with Crippen LogP contribution >= 0.6 is 0 Å². The number of aromatic nitrogens is 1. The van der Waals surface area contributed by atoms with Gasteiger partial charge in [0.05, 0.1) is 12.5 Å². The monoisotopic (exact) mass is 562 g/mol. The van der Waals surface area contributed by atoms with Crippen molar-refractivity contribution >= 4 is 17.7 Å². The van der Waals surface area contributed by atoms with Crippen molar-refractivity contribution in [3.63, 3.8) is 0 Å². The summed E-state index contributed by atoms with van der Waals surface area (Å²) < 4.78 is 11.2. The molecule has 1 aliphatic heterocycles. The van der Waals surface area contributed by atoms with E-state index >= 15 is 0 Å². The molecule has 41 heavy (non-hydrogen) atoms. The highest BCUT2D eigenvalue weighted by Gasteiger charge is 2.57. The first-order valence-corrected chi connectivity index (χ1v) is 15.9. The van der Waals surface area contributed by atoms with E-state index in [1.54, 1.807) is 0 Å². The number of allylic oxidation sites excluding steroid dienone is 3. The zero-order valence-electron chi connectivity index (χ0n) is 24.7. The number of likely N-dealkylation sites (tertiary alicyclic amines) is 1. The van der Waals surface area contributed by atoms with Crippen LogP contribution in [0.4, 0.5) is 4.79 Å². The first-order chi connectivity index (χ1) is 19.8. The molecule has 5 aliphatic rings. The van der Waals surface area contributed by atoms with Crippen LogP contribution in [0.1, 0.15) is 83.6 Å². The topological polar surface area (TPSA) is 89.0 Å². The number of aliphatic carboxylic acids is 1. The van der Waals surface area contributed by atoms with Gasteiger partial charge < -0.3 is 19.5 Å². The summed E-state index contributed by atoms with van der Waals surface area (Å²) in [5.74, 6) is 1.16. The van der Waals surface area contributed by atoms with Crippen LogP contribution in [0.3, 0.4) is 0 Å². The van der Waals surface area contributed by atoms with Gasteiger partial charge in [0.25, 0.3) is 0 Å². The van der Waals surface area contributed by atoms with Gasteiger partial charge in [-0.25, -0.2) is 4.79 Å². The molecule has 0 amide bonds. The fraction of sp³-hybridized carbons (Fsp3) is 0.676. The molecule has 1 N–H and O–H groups in total. The van der Waals surface area contributed by atoms with Crippen LogP contribution in [-0.2, 0) is 14.3 Å². The Bertz CT molecular complexity index is 1190. The molecular formula is C34H46N2O5. The molecule has 0 spiro atoms. The second kappa shape index (κ2) is 11.5. The van der Waals surface area contributed by atoms with Crippen molar-refractivity contribution in [2.45, 2.75) is 84.2 Å². The van der Waals surface area contributed by atoms with E-state index in [0.717, 1.165) is 51.7 Å². The number of carbonyl (C=O) groups excluding carboxylic acids is 1. The predicted molar refractivity (Wildman–Crippen MR) is 157 cm³/mol. The summed E-state index contributed by atoms with van der Waals surface area (Å²) in [4.78, 5) is 30.3. The molecule has 3 fully saturated rings. The molecule has 7 nitrogen and oxygen atoms in total. The molecule has 2 saturated carbocycles. The molecule has 1 saturated heterocycles. The summed E-state index contributed by atoms with van der Waals surface area (Å²) in [5, 5.41) is 9.15. The number of carbonyl (C=O) groups is 2. The number of nitrogens with zero attached hydrogens (tertiary/aromatic N) is 2. The van der Waals surface area contributed by atoms with Crippen LogP contribution in [0.15, 0.2) is 42.3 Å². The molecule has 222 valence electrons. The Morgan fingerprint density at radius 1 is 1.05 bits per heavy atom. The number of carboxylic acid groups (broad SMARTS) is 1. The Kier molecular flexibility index (Phi) is 8.01. The standard InChI is InChI=1S/C34H46N2O5/c1-33-14-10-26(41-32(39)40-20-4-17-36-18-12-23(13-19-36)31(37)38)21-25(33)6-7-27-29-9-8-28(24-5-3-16-35-22-24)34(29,2)15-11-30(27)33/h3,5-6,8,16,22-23,26-27,29-30H,4,7,9-15,17-21H2,1-2H3,(H,37,38)/t26-,27-,29-,30-,33-,34+/m0/s1. The Morgan fingerprint density at radius 3 is 2.61 bits per heavy atom. The lowest BCUT2D eigenvalue weighted by molar-refractivity contribution is -0.143. The van der Waals surface area contributed by atoms with Gasteiger partial charge in [0, 0.05) is 25.4 Å². The maximum Gasteiger partial charge on any atom is 0.508 e. The summed E-state index contributed by atoms with van der Waals surface area (Å²) in [6, 6.07) is 4.28. The number of rotatable bonds is 7. The third kappa shape index (κ3) is 5.47. The minimum Gasteiger partial charge on any atom is -0.481 e. The van der Waals surface area contributed by atoms with Gasteiger partial charge in [0.2, 0.25) is 0 Å². The Hall–Kier alpha value is -2.67. The van der Waals surface area contributed by atoms with Crippen LogP contribution in [0.2, 0.25) is 0 Å². The smallest absolute Gasteiger partial charge is 0.481 e. The highest BCUT2D eigenvalue weighted by Crippen LogP contribution is 2.66. The molecule has 2 heterocycles. The first kappa shape index (κ1) is 28.4. The van der Waals surface area contributed by atoms with Crippen molar-refractivity contribution in [3.05, 3.63) is 47.8 Å². The van der Waals surface area contributed by atoms with Gasteiger partial charge in [-0.05, 0) is 117 Å². The lowest BCUT2D eigenvalue weighted by Crippen LogP contribution is -2.50. The molecule has 1 aromatic rings. The molecule has 7 heteroatoms. The third-order valence-corrected chi connectivity index (χ3v) is 11.7. The van der Waals surface area contributed by atoms with Gasteiger partial charge in [-0.1, -0.05) is 37.6 Å². The number of hydrogen-bond donors (Lipinski definition) is 1. The SMILES string of the molecule is C[C@]12CC[C@H](OC(=O)OCCCN3CCC(C(=O)O)CC3)CC1=CC[C@@H]1[C@@H]2CC[C@]2(C)C(c3cccnc3)=CC[C@@H]12. The molecule has 6 rings (SSSR count). The van der Waals surface area contributed by atoms with E-state index < -0.39 is 12.1 Å². The fourth-order valence-electron chi connectivity index (χ4n) is 9.28. The first-order valence-electron chi connectivity index (χ1n) is 15.9. The lowest BCUT2D eigenvalue weighted by Gasteiger charge is -2.57. The second-order valence-electron chi connectivity index (χ2n) is 13.7. The summed E-state index contributed by atoms with van der Waals surface area (Å²) in [6.07, 6.45) is 17.9. The highest BCUT2D eigenvalue weighted by atomic mass is 16.7. The van der Waals surface area contributed by atoms with E-state index in [9.17, 15) is 9.59 Å². The zero-order chi connectivity index (χ0) is 28.6. The van der Waals surface area contributed by atoms with Crippen molar-refractivity contribution in [3.8, 4) is 0 Å². The number of fused-ring (bicyclic) bond motifs is 5. The van der Waals surface area contributed by atoms with Crippen molar-refractivity contribution in [1.82, 2.24) is 9.88 Å². The van der Waals surface area contributed by atoms with Crippen molar-refractivity contribution in [2.24, 2.45) is 34.5 Å².